The quantitative estimate of drug-likeness (QED) is 0.873. The van der Waals surface area contributed by atoms with E-state index < -0.39 is 29.1 Å². The lowest BCUT2D eigenvalue weighted by Crippen LogP contribution is -2.46. The van der Waals surface area contributed by atoms with Gasteiger partial charge in [-0.15, -0.1) is 0 Å². The molecule has 1 aromatic rings. The summed E-state index contributed by atoms with van der Waals surface area (Å²) in [5, 5.41) is 4.92. The van der Waals surface area contributed by atoms with E-state index in [-0.39, 0.29) is 11.9 Å². The zero-order valence-electron chi connectivity index (χ0n) is 11.0. The van der Waals surface area contributed by atoms with Crippen LogP contribution in [0.1, 0.15) is 31.1 Å². The Morgan fingerprint density at radius 1 is 1.11 bits per heavy atom. The molecule has 0 spiro atoms. The summed E-state index contributed by atoms with van der Waals surface area (Å²) in [4.78, 5) is 23.3. The van der Waals surface area contributed by atoms with Crippen LogP contribution in [0.4, 0.5) is 8.78 Å². The molecule has 6 heteroatoms. The molecule has 1 atom stereocenters. The van der Waals surface area contributed by atoms with Crippen LogP contribution in [0.3, 0.4) is 0 Å². The van der Waals surface area contributed by atoms with Crippen LogP contribution in [-0.4, -0.2) is 23.9 Å². The molecule has 0 aliphatic carbocycles. The summed E-state index contributed by atoms with van der Waals surface area (Å²) in [6.07, 6.45) is 0. The van der Waals surface area contributed by atoms with E-state index in [1.54, 1.807) is 13.8 Å². The lowest BCUT2D eigenvalue weighted by Gasteiger charge is -2.16. The summed E-state index contributed by atoms with van der Waals surface area (Å²) in [5.74, 6) is -3.55. The highest BCUT2D eigenvalue weighted by Gasteiger charge is 2.20. The third kappa shape index (κ3) is 4.01. The largest absolute Gasteiger partial charge is 0.352 e. The minimum absolute atomic E-state index is 0.0715. The predicted molar refractivity (Wildman–Crippen MR) is 66.6 cm³/mol. The average Bonchev–Trinajstić information content (AvgIpc) is 2.31. The van der Waals surface area contributed by atoms with Crippen molar-refractivity contribution in [3.63, 3.8) is 0 Å². The minimum Gasteiger partial charge on any atom is -0.352 e. The van der Waals surface area contributed by atoms with Crippen molar-refractivity contribution in [2.24, 2.45) is 0 Å². The monoisotopic (exact) mass is 270 g/mol. The van der Waals surface area contributed by atoms with E-state index in [4.69, 9.17) is 0 Å². The first-order valence-corrected chi connectivity index (χ1v) is 5.88. The molecule has 1 rings (SSSR count). The molecule has 1 aromatic carbocycles. The third-order valence-corrected chi connectivity index (χ3v) is 2.37. The average molecular weight is 270 g/mol. The molecule has 19 heavy (non-hydrogen) atoms. The second-order valence-electron chi connectivity index (χ2n) is 4.46. The molecular weight excluding hydrogens is 254 g/mol. The SMILES string of the molecule is CC(C)NC(=O)C(C)NC(=O)c1cccc(F)c1F. The normalized spacial score (nSPS) is 12.1. The van der Waals surface area contributed by atoms with Crippen LogP contribution in [0.2, 0.25) is 0 Å². The van der Waals surface area contributed by atoms with Crippen molar-refractivity contribution in [3.05, 3.63) is 35.4 Å². The van der Waals surface area contributed by atoms with Crippen LogP contribution in [0.15, 0.2) is 18.2 Å². The number of halogens is 2. The number of benzene rings is 1. The Hall–Kier alpha value is -1.98. The standard InChI is InChI=1S/C13H16F2N2O2/c1-7(2)16-12(18)8(3)17-13(19)9-5-4-6-10(14)11(9)15/h4-8H,1-3H3,(H,16,18)(H,17,19). The Bertz CT molecular complexity index is 490. The molecule has 0 radical (unpaired) electrons. The molecule has 0 heterocycles. The highest BCUT2D eigenvalue weighted by Crippen LogP contribution is 2.11. The topological polar surface area (TPSA) is 58.2 Å². The first-order valence-electron chi connectivity index (χ1n) is 5.88. The highest BCUT2D eigenvalue weighted by molar-refractivity contribution is 5.97. The van der Waals surface area contributed by atoms with Crippen LogP contribution in [-0.2, 0) is 4.79 Å². The van der Waals surface area contributed by atoms with Gasteiger partial charge in [-0.1, -0.05) is 6.07 Å². The number of nitrogens with one attached hydrogen (secondary N) is 2. The number of carbonyl (C=O) groups is 2. The summed E-state index contributed by atoms with van der Waals surface area (Å²) in [5.41, 5.74) is -0.427. The second kappa shape index (κ2) is 6.26. The van der Waals surface area contributed by atoms with Gasteiger partial charge in [-0.2, -0.15) is 0 Å². The summed E-state index contributed by atoms with van der Waals surface area (Å²) in [7, 11) is 0. The van der Waals surface area contributed by atoms with Gasteiger partial charge in [0.2, 0.25) is 5.91 Å². The lowest BCUT2D eigenvalue weighted by molar-refractivity contribution is -0.123. The Morgan fingerprint density at radius 2 is 1.74 bits per heavy atom. The van der Waals surface area contributed by atoms with Crippen LogP contribution in [0.25, 0.3) is 0 Å². The molecule has 0 aromatic heterocycles. The van der Waals surface area contributed by atoms with Gasteiger partial charge in [-0.25, -0.2) is 8.78 Å². The van der Waals surface area contributed by atoms with Crippen molar-refractivity contribution in [1.29, 1.82) is 0 Å². The number of hydrogen-bond donors (Lipinski definition) is 2. The fourth-order valence-corrected chi connectivity index (χ4v) is 1.43. The molecule has 0 aliphatic rings. The molecular formula is C13H16F2N2O2. The molecule has 104 valence electrons. The molecule has 2 N–H and O–H groups in total. The van der Waals surface area contributed by atoms with Crippen LogP contribution < -0.4 is 10.6 Å². The highest BCUT2D eigenvalue weighted by atomic mass is 19.2. The van der Waals surface area contributed by atoms with Gasteiger partial charge in [0.05, 0.1) is 5.56 Å². The van der Waals surface area contributed by atoms with Crippen molar-refractivity contribution in [2.45, 2.75) is 32.9 Å². The number of hydrogen-bond acceptors (Lipinski definition) is 2. The Labute approximate surface area is 110 Å². The maximum Gasteiger partial charge on any atom is 0.255 e. The molecule has 0 fully saturated rings. The smallest absolute Gasteiger partial charge is 0.255 e. The van der Waals surface area contributed by atoms with E-state index in [0.717, 1.165) is 12.1 Å². The first-order chi connectivity index (χ1) is 8.82. The van der Waals surface area contributed by atoms with Gasteiger partial charge in [0, 0.05) is 6.04 Å². The molecule has 0 aliphatic heterocycles. The van der Waals surface area contributed by atoms with Crippen LogP contribution in [0.5, 0.6) is 0 Å². The summed E-state index contributed by atoms with van der Waals surface area (Å²) in [6.45, 7) is 5.02. The summed E-state index contributed by atoms with van der Waals surface area (Å²) >= 11 is 0. The summed E-state index contributed by atoms with van der Waals surface area (Å²) in [6, 6.07) is 2.39. The fraction of sp³-hybridized carbons (Fsp3) is 0.385. The van der Waals surface area contributed by atoms with Gasteiger partial charge in [0.25, 0.3) is 5.91 Å². The Kier molecular flexibility index (Phi) is 4.97. The second-order valence-corrected chi connectivity index (χ2v) is 4.46. The van der Waals surface area contributed by atoms with Gasteiger partial charge < -0.3 is 10.6 Å². The van der Waals surface area contributed by atoms with Crippen molar-refractivity contribution in [1.82, 2.24) is 10.6 Å². The van der Waals surface area contributed by atoms with E-state index in [2.05, 4.69) is 10.6 Å². The molecule has 4 nitrogen and oxygen atoms in total. The van der Waals surface area contributed by atoms with Gasteiger partial charge in [-0.05, 0) is 32.9 Å². The van der Waals surface area contributed by atoms with Crippen molar-refractivity contribution >= 4 is 11.8 Å². The van der Waals surface area contributed by atoms with Gasteiger partial charge >= 0.3 is 0 Å². The molecule has 0 saturated carbocycles. The van der Waals surface area contributed by atoms with Crippen LogP contribution >= 0.6 is 0 Å². The Balaban J connectivity index is 2.74. The van der Waals surface area contributed by atoms with Gasteiger partial charge in [-0.3, -0.25) is 9.59 Å². The molecule has 0 saturated heterocycles. The van der Waals surface area contributed by atoms with Crippen molar-refractivity contribution in [3.8, 4) is 0 Å². The molecule has 2 amide bonds. The number of carbonyl (C=O) groups excluding carboxylic acids is 2. The number of rotatable bonds is 4. The van der Waals surface area contributed by atoms with Gasteiger partial charge in [0.15, 0.2) is 11.6 Å². The summed E-state index contributed by atoms with van der Waals surface area (Å²) < 4.78 is 26.4. The van der Waals surface area contributed by atoms with E-state index >= 15 is 0 Å². The van der Waals surface area contributed by atoms with E-state index in [1.807, 2.05) is 0 Å². The minimum atomic E-state index is -1.23. The number of amides is 2. The van der Waals surface area contributed by atoms with E-state index in [9.17, 15) is 18.4 Å². The maximum absolute atomic E-state index is 13.4. The zero-order valence-corrected chi connectivity index (χ0v) is 11.0. The van der Waals surface area contributed by atoms with Crippen molar-refractivity contribution in [2.75, 3.05) is 0 Å². The maximum atomic E-state index is 13.4. The Morgan fingerprint density at radius 3 is 2.32 bits per heavy atom. The van der Waals surface area contributed by atoms with Crippen molar-refractivity contribution < 1.29 is 18.4 Å². The molecule has 1 unspecified atom stereocenters. The lowest BCUT2D eigenvalue weighted by atomic mass is 10.1. The van der Waals surface area contributed by atoms with E-state index in [1.165, 1.54) is 13.0 Å². The fourth-order valence-electron chi connectivity index (χ4n) is 1.43. The van der Waals surface area contributed by atoms with Gasteiger partial charge in [0.1, 0.15) is 6.04 Å². The van der Waals surface area contributed by atoms with Crippen LogP contribution in [0, 0.1) is 11.6 Å². The third-order valence-electron chi connectivity index (χ3n) is 2.37. The first kappa shape index (κ1) is 15.1. The van der Waals surface area contributed by atoms with E-state index in [0.29, 0.717) is 0 Å². The predicted octanol–water partition coefficient (Wildman–Crippen LogP) is 1.61. The molecule has 0 bridgehead atoms. The zero-order chi connectivity index (χ0) is 14.6.